The molecule has 20 heavy (non-hydrogen) atoms. The summed E-state index contributed by atoms with van der Waals surface area (Å²) >= 11 is 0. The van der Waals surface area contributed by atoms with Gasteiger partial charge in [0.25, 0.3) is 5.91 Å². The van der Waals surface area contributed by atoms with Crippen LogP contribution in [0.1, 0.15) is 35.7 Å². The van der Waals surface area contributed by atoms with E-state index < -0.39 is 0 Å². The molecule has 0 saturated carbocycles. The van der Waals surface area contributed by atoms with Gasteiger partial charge in [0.05, 0.1) is 5.92 Å². The molecule has 0 bridgehead atoms. The average Bonchev–Trinajstić information content (AvgIpc) is 2.46. The number of nitrogens with two attached hydrogens (primary N) is 2. The fraction of sp³-hybridized carbons (Fsp3) is 0.467. The van der Waals surface area contributed by atoms with Crippen molar-refractivity contribution in [3.63, 3.8) is 0 Å². The zero-order chi connectivity index (χ0) is 14.7. The van der Waals surface area contributed by atoms with Crippen LogP contribution in [0.3, 0.4) is 0 Å². The van der Waals surface area contributed by atoms with Crippen molar-refractivity contribution in [3.8, 4) is 0 Å². The van der Waals surface area contributed by atoms with Crippen molar-refractivity contribution in [3.05, 3.63) is 35.4 Å². The second-order valence-corrected chi connectivity index (χ2v) is 5.39. The van der Waals surface area contributed by atoms with Gasteiger partial charge in [-0.3, -0.25) is 9.59 Å². The maximum Gasteiger partial charge on any atom is 0.254 e. The first kappa shape index (κ1) is 14.5. The second-order valence-electron chi connectivity index (χ2n) is 5.39. The highest BCUT2D eigenvalue weighted by Crippen LogP contribution is 2.23. The van der Waals surface area contributed by atoms with Gasteiger partial charge in [-0.1, -0.05) is 12.1 Å². The van der Waals surface area contributed by atoms with Crippen LogP contribution in [0.2, 0.25) is 0 Å². The number of carbonyl (C=O) groups is 2. The van der Waals surface area contributed by atoms with E-state index in [-0.39, 0.29) is 23.8 Å². The Hall–Kier alpha value is -1.88. The van der Waals surface area contributed by atoms with Gasteiger partial charge >= 0.3 is 0 Å². The van der Waals surface area contributed by atoms with Gasteiger partial charge in [-0.2, -0.15) is 0 Å². The number of hydrogen-bond donors (Lipinski definition) is 2. The quantitative estimate of drug-likeness (QED) is 0.857. The van der Waals surface area contributed by atoms with Crippen molar-refractivity contribution in [2.75, 3.05) is 6.54 Å². The van der Waals surface area contributed by atoms with E-state index in [1.165, 1.54) is 0 Å². The summed E-state index contributed by atoms with van der Waals surface area (Å²) in [5, 5.41) is 0. The lowest BCUT2D eigenvalue weighted by Gasteiger charge is -2.37. The molecule has 2 unspecified atom stereocenters. The zero-order valence-electron chi connectivity index (χ0n) is 11.7. The number of carbonyl (C=O) groups excluding carboxylic acids is 2. The van der Waals surface area contributed by atoms with E-state index in [9.17, 15) is 9.59 Å². The molecule has 1 aromatic rings. The predicted molar refractivity (Wildman–Crippen MR) is 76.8 cm³/mol. The fourth-order valence-electron chi connectivity index (χ4n) is 2.62. The van der Waals surface area contributed by atoms with Crippen LogP contribution in [0, 0.1) is 5.92 Å². The first-order chi connectivity index (χ1) is 9.52. The van der Waals surface area contributed by atoms with Gasteiger partial charge in [0.2, 0.25) is 5.91 Å². The molecule has 1 aromatic carbocycles. The molecule has 2 rings (SSSR count). The van der Waals surface area contributed by atoms with E-state index in [1.807, 2.05) is 25.1 Å². The minimum atomic E-state index is -0.328. The van der Waals surface area contributed by atoms with Crippen molar-refractivity contribution in [2.45, 2.75) is 32.4 Å². The van der Waals surface area contributed by atoms with Gasteiger partial charge in [-0.15, -0.1) is 0 Å². The van der Waals surface area contributed by atoms with E-state index in [4.69, 9.17) is 11.5 Å². The van der Waals surface area contributed by atoms with Gasteiger partial charge in [0.1, 0.15) is 0 Å². The predicted octanol–water partition coefficient (Wildman–Crippen LogP) is 0.871. The summed E-state index contributed by atoms with van der Waals surface area (Å²) in [6.07, 6.45) is 1.55. The van der Waals surface area contributed by atoms with Crippen molar-refractivity contribution < 1.29 is 9.59 Å². The highest BCUT2D eigenvalue weighted by Gasteiger charge is 2.32. The lowest BCUT2D eigenvalue weighted by atomic mass is 9.92. The molecule has 1 saturated heterocycles. The third kappa shape index (κ3) is 2.99. The molecule has 0 spiro atoms. The Bertz CT molecular complexity index is 516. The number of benzene rings is 1. The van der Waals surface area contributed by atoms with Crippen LogP contribution >= 0.6 is 0 Å². The first-order valence-corrected chi connectivity index (χ1v) is 6.92. The third-order valence-corrected chi connectivity index (χ3v) is 3.95. The summed E-state index contributed by atoms with van der Waals surface area (Å²) in [6.45, 7) is 2.81. The summed E-state index contributed by atoms with van der Waals surface area (Å²) in [5.74, 6) is -0.628. The lowest BCUT2D eigenvalue weighted by Crippen LogP contribution is -2.48. The van der Waals surface area contributed by atoms with Crippen LogP contribution in [0.25, 0.3) is 0 Å². The molecule has 1 heterocycles. The SMILES string of the molecule is CC1CCC(C(N)=O)CN1C(=O)c1cccc(CN)c1. The first-order valence-electron chi connectivity index (χ1n) is 6.92. The highest BCUT2D eigenvalue weighted by atomic mass is 16.2. The molecule has 108 valence electrons. The smallest absolute Gasteiger partial charge is 0.254 e. The Kier molecular flexibility index (Phi) is 4.39. The van der Waals surface area contributed by atoms with Crippen LogP contribution < -0.4 is 11.5 Å². The van der Waals surface area contributed by atoms with Gasteiger partial charge in [0.15, 0.2) is 0 Å². The van der Waals surface area contributed by atoms with Crippen LogP contribution in [0.15, 0.2) is 24.3 Å². The van der Waals surface area contributed by atoms with Crippen LogP contribution in [0.5, 0.6) is 0 Å². The van der Waals surface area contributed by atoms with Gasteiger partial charge < -0.3 is 16.4 Å². The molecule has 5 nitrogen and oxygen atoms in total. The number of primary amides is 1. The highest BCUT2D eigenvalue weighted by molar-refractivity contribution is 5.95. The molecule has 0 radical (unpaired) electrons. The normalized spacial score (nSPS) is 22.6. The van der Waals surface area contributed by atoms with E-state index in [2.05, 4.69) is 0 Å². The van der Waals surface area contributed by atoms with Gasteiger partial charge in [0, 0.05) is 24.7 Å². The second kappa shape index (κ2) is 6.05. The number of rotatable bonds is 3. The van der Waals surface area contributed by atoms with E-state index in [0.29, 0.717) is 18.7 Å². The Balaban J connectivity index is 2.19. The average molecular weight is 275 g/mol. The zero-order valence-corrected chi connectivity index (χ0v) is 11.7. The summed E-state index contributed by atoms with van der Waals surface area (Å²) in [5.41, 5.74) is 12.5. The number of likely N-dealkylation sites (tertiary alicyclic amines) is 1. The molecule has 1 aliphatic rings. The topological polar surface area (TPSA) is 89.4 Å². The summed E-state index contributed by atoms with van der Waals surface area (Å²) < 4.78 is 0. The van der Waals surface area contributed by atoms with Crippen molar-refractivity contribution >= 4 is 11.8 Å². The molecule has 1 aliphatic heterocycles. The third-order valence-electron chi connectivity index (χ3n) is 3.95. The van der Waals surface area contributed by atoms with Crippen LogP contribution in [-0.2, 0) is 11.3 Å². The van der Waals surface area contributed by atoms with E-state index in [1.54, 1.807) is 11.0 Å². The summed E-state index contributed by atoms with van der Waals surface area (Å²) in [6, 6.07) is 7.43. The van der Waals surface area contributed by atoms with Gasteiger partial charge in [-0.05, 0) is 37.5 Å². The maximum absolute atomic E-state index is 12.6. The summed E-state index contributed by atoms with van der Waals surface area (Å²) in [4.78, 5) is 25.7. The van der Waals surface area contributed by atoms with E-state index in [0.717, 1.165) is 18.4 Å². The summed E-state index contributed by atoms with van der Waals surface area (Å²) in [7, 11) is 0. The number of amides is 2. The fourth-order valence-corrected chi connectivity index (χ4v) is 2.62. The maximum atomic E-state index is 12.6. The molecule has 2 amide bonds. The van der Waals surface area contributed by atoms with E-state index >= 15 is 0 Å². The molecule has 4 N–H and O–H groups in total. The Labute approximate surface area is 118 Å². The van der Waals surface area contributed by atoms with Crippen LogP contribution in [-0.4, -0.2) is 29.3 Å². The Morgan fingerprint density at radius 1 is 1.35 bits per heavy atom. The minimum absolute atomic E-state index is 0.0567. The monoisotopic (exact) mass is 275 g/mol. The molecule has 5 heteroatoms. The van der Waals surface area contributed by atoms with Crippen molar-refractivity contribution in [2.24, 2.45) is 17.4 Å². The Morgan fingerprint density at radius 2 is 2.10 bits per heavy atom. The molecule has 1 fully saturated rings. The molecule has 0 aliphatic carbocycles. The number of hydrogen-bond acceptors (Lipinski definition) is 3. The lowest BCUT2D eigenvalue weighted by molar-refractivity contribution is -0.123. The molecule has 0 aromatic heterocycles. The largest absolute Gasteiger partial charge is 0.369 e. The number of piperidine rings is 1. The number of nitrogens with zero attached hydrogens (tertiary/aromatic N) is 1. The molecular formula is C15H21N3O2. The van der Waals surface area contributed by atoms with Gasteiger partial charge in [-0.25, -0.2) is 0 Å². The van der Waals surface area contributed by atoms with Crippen molar-refractivity contribution in [1.29, 1.82) is 0 Å². The molecule has 2 atom stereocenters. The standard InChI is InChI=1S/C15H21N3O2/c1-10-5-6-13(14(17)19)9-18(10)15(20)12-4-2-3-11(7-12)8-16/h2-4,7,10,13H,5-6,8-9,16H2,1H3,(H2,17,19). The Morgan fingerprint density at radius 3 is 2.75 bits per heavy atom. The van der Waals surface area contributed by atoms with Crippen molar-refractivity contribution in [1.82, 2.24) is 4.90 Å². The minimum Gasteiger partial charge on any atom is -0.369 e. The molecular weight excluding hydrogens is 254 g/mol. The van der Waals surface area contributed by atoms with Crippen LogP contribution in [0.4, 0.5) is 0 Å².